The van der Waals surface area contributed by atoms with Crippen molar-refractivity contribution in [2.24, 2.45) is 11.8 Å². The van der Waals surface area contributed by atoms with E-state index in [0.29, 0.717) is 12.5 Å². The lowest BCUT2D eigenvalue weighted by Gasteiger charge is -2.34. The fourth-order valence-corrected chi connectivity index (χ4v) is 5.16. The quantitative estimate of drug-likeness (QED) is 0.587. The minimum atomic E-state index is -1.17. The van der Waals surface area contributed by atoms with Crippen LogP contribution in [-0.4, -0.2) is 53.2 Å². The van der Waals surface area contributed by atoms with Gasteiger partial charge in [0.1, 0.15) is 18.7 Å². The number of ether oxygens (including phenoxy) is 1. The number of alkyl carbamates (subject to hydrolysis) is 1. The molecule has 3 aliphatic carbocycles. The average Bonchev–Trinajstić information content (AvgIpc) is 3.74. The van der Waals surface area contributed by atoms with Crippen molar-refractivity contribution in [3.8, 4) is 11.1 Å². The van der Waals surface area contributed by atoms with Gasteiger partial charge in [0.2, 0.25) is 5.91 Å². The number of hydrogen-bond donors (Lipinski definition) is 2. The molecule has 0 spiro atoms. The number of nitrogens with zero attached hydrogens (tertiary/aromatic N) is 1. The molecular formula is C27H30N2O5. The molecule has 0 heterocycles. The minimum absolute atomic E-state index is 0.0176. The van der Waals surface area contributed by atoms with Crippen LogP contribution in [0.25, 0.3) is 11.1 Å². The van der Waals surface area contributed by atoms with Crippen LogP contribution in [0.1, 0.15) is 49.7 Å². The molecule has 178 valence electrons. The van der Waals surface area contributed by atoms with Crippen LogP contribution in [0.3, 0.4) is 0 Å². The number of rotatable bonds is 9. The summed E-state index contributed by atoms with van der Waals surface area (Å²) in [6.07, 6.45) is 2.99. The Labute approximate surface area is 199 Å². The van der Waals surface area contributed by atoms with Crippen LogP contribution in [-0.2, 0) is 14.3 Å². The highest BCUT2D eigenvalue weighted by Crippen LogP contribution is 2.45. The number of aliphatic carboxylic acids is 1. The molecule has 1 atom stereocenters. The normalized spacial score (nSPS) is 18.4. The van der Waals surface area contributed by atoms with Gasteiger partial charge in [0.25, 0.3) is 0 Å². The number of fused-ring (bicyclic) bond motifs is 3. The van der Waals surface area contributed by atoms with E-state index < -0.39 is 17.6 Å². The molecule has 0 aliphatic heterocycles. The maximum absolute atomic E-state index is 13.5. The lowest BCUT2D eigenvalue weighted by atomic mass is 9.93. The molecule has 0 radical (unpaired) electrons. The van der Waals surface area contributed by atoms with Crippen LogP contribution in [0.5, 0.6) is 0 Å². The second kappa shape index (κ2) is 8.78. The first-order valence-electron chi connectivity index (χ1n) is 12.0. The predicted molar refractivity (Wildman–Crippen MR) is 126 cm³/mol. The van der Waals surface area contributed by atoms with Crippen LogP contribution in [0.2, 0.25) is 0 Å². The first-order valence-corrected chi connectivity index (χ1v) is 12.0. The number of carbonyl (C=O) groups excluding carboxylic acids is 2. The monoisotopic (exact) mass is 462 g/mol. The number of amides is 2. The number of hydrogen-bond acceptors (Lipinski definition) is 4. The molecule has 2 N–H and O–H groups in total. The smallest absolute Gasteiger partial charge is 0.408 e. The van der Waals surface area contributed by atoms with Crippen molar-refractivity contribution in [2.75, 3.05) is 19.7 Å². The summed E-state index contributed by atoms with van der Waals surface area (Å²) in [4.78, 5) is 39.2. The summed E-state index contributed by atoms with van der Waals surface area (Å²) in [5.74, 6) is -1.12. The molecule has 0 bridgehead atoms. The molecule has 2 saturated carbocycles. The largest absolute Gasteiger partial charge is 0.480 e. The summed E-state index contributed by atoms with van der Waals surface area (Å²) >= 11 is 0. The van der Waals surface area contributed by atoms with Crippen molar-refractivity contribution >= 4 is 18.0 Å². The van der Waals surface area contributed by atoms with Gasteiger partial charge in [-0.3, -0.25) is 9.59 Å². The number of carboxylic acid groups (broad SMARTS) is 1. The van der Waals surface area contributed by atoms with Crippen LogP contribution < -0.4 is 5.32 Å². The van der Waals surface area contributed by atoms with Gasteiger partial charge < -0.3 is 20.1 Å². The van der Waals surface area contributed by atoms with Gasteiger partial charge in [0.15, 0.2) is 0 Å². The van der Waals surface area contributed by atoms with Gasteiger partial charge in [-0.05, 0) is 66.7 Å². The van der Waals surface area contributed by atoms with E-state index in [-0.39, 0.29) is 30.9 Å². The zero-order chi connectivity index (χ0) is 23.9. The molecule has 2 aromatic carbocycles. The second-order valence-electron chi connectivity index (χ2n) is 9.95. The van der Waals surface area contributed by atoms with E-state index in [0.717, 1.165) is 47.9 Å². The Morgan fingerprint density at radius 1 is 1.00 bits per heavy atom. The third-order valence-corrected chi connectivity index (χ3v) is 7.33. The third-order valence-electron chi connectivity index (χ3n) is 7.33. The highest BCUT2D eigenvalue weighted by atomic mass is 16.5. The SMILES string of the molecule is CC(NC(=O)OCC1c2ccccc2-c2ccccc21)(C(=O)N(CC(=O)O)CC1CC1)C1CC1. The standard InChI is InChI=1S/C27H30N2O5/c1-27(18-12-13-18,25(32)29(15-24(30)31)14-17-10-11-17)28-26(33)34-16-23-21-8-4-2-6-19(21)20-7-3-5-9-22(20)23/h2-9,17-18,23H,10-16H2,1H3,(H,28,33)(H,30,31). The van der Waals surface area contributed by atoms with E-state index in [4.69, 9.17) is 4.74 Å². The van der Waals surface area contributed by atoms with Crippen LogP contribution in [0, 0.1) is 11.8 Å². The van der Waals surface area contributed by atoms with E-state index in [1.807, 2.05) is 24.3 Å². The first kappa shape index (κ1) is 22.4. The van der Waals surface area contributed by atoms with Crippen molar-refractivity contribution in [2.45, 2.75) is 44.1 Å². The zero-order valence-electron chi connectivity index (χ0n) is 19.3. The highest BCUT2D eigenvalue weighted by Gasteiger charge is 2.51. The topological polar surface area (TPSA) is 95.9 Å². The van der Waals surface area contributed by atoms with Crippen molar-refractivity contribution in [1.29, 1.82) is 0 Å². The Morgan fingerprint density at radius 2 is 1.59 bits per heavy atom. The first-order chi connectivity index (χ1) is 16.4. The Balaban J connectivity index is 1.29. The Morgan fingerprint density at radius 3 is 2.12 bits per heavy atom. The van der Waals surface area contributed by atoms with Gasteiger partial charge in [-0.1, -0.05) is 48.5 Å². The average molecular weight is 463 g/mol. The van der Waals surface area contributed by atoms with Crippen molar-refractivity contribution in [1.82, 2.24) is 10.2 Å². The number of benzene rings is 2. The fraction of sp³-hybridized carbons (Fsp3) is 0.444. The Bertz CT molecular complexity index is 1080. The Hall–Kier alpha value is -3.35. The molecule has 0 aromatic heterocycles. The van der Waals surface area contributed by atoms with E-state index in [1.54, 1.807) is 6.92 Å². The molecule has 5 rings (SSSR count). The van der Waals surface area contributed by atoms with E-state index in [9.17, 15) is 19.5 Å². The van der Waals surface area contributed by atoms with Gasteiger partial charge in [-0.15, -0.1) is 0 Å². The summed E-state index contributed by atoms with van der Waals surface area (Å²) in [7, 11) is 0. The summed E-state index contributed by atoms with van der Waals surface area (Å²) in [6, 6.07) is 16.2. The molecule has 3 aliphatic rings. The van der Waals surface area contributed by atoms with Crippen molar-refractivity contribution in [3.63, 3.8) is 0 Å². The van der Waals surface area contributed by atoms with Crippen molar-refractivity contribution in [3.05, 3.63) is 59.7 Å². The molecule has 7 nitrogen and oxygen atoms in total. The zero-order valence-corrected chi connectivity index (χ0v) is 19.3. The number of carbonyl (C=O) groups is 3. The number of nitrogens with one attached hydrogen (secondary N) is 1. The fourth-order valence-electron chi connectivity index (χ4n) is 5.16. The molecule has 2 fully saturated rings. The van der Waals surface area contributed by atoms with Gasteiger partial charge in [0.05, 0.1) is 0 Å². The van der Waals surface area contributed by atoms with E-state index in [1.165, 1.54) is 4.90 Å². The molecule has 1 unspecified atom stereocenters. The summed E-state index contributed by atoms with van der Waals surface area (Å²) in [5.41, 5.74) is 3.36. The van der Waals surface area contributed by atoms with Crippen LogP contribution in [0.4, 0.5) is 4.79 Å². The summed E-state index contributed by atoms with van der Waals surface area (Å²) in [6.45, 7) is 1.93. The van der Waals surface area contributed by atoms with Gasteiger partial charge >= 0.3 is 12.1 Å². The van der Waals surface area contributed by atoms with Gasteiger partial charge in [0, 0.05) is 12.5 Å². The highest BCUT2D eigenvalue weighted by molar-refractivity contribution is 5.92. The van der Waals surface area contributed by atoms with Crippen LogP contribution >= 0.6 is 0 Å². The molecular weight excluding hydrogens is 432 g/mol. The van der Waals surface area contributed by atoms with E-state index >= 15 is 0 Å². The molecule has 34 heavy (non-hydrogen) atoms. The van der Waals surface area contributed by atoms with Crippen molar-refractivity contribution < 1.29 is 24.2 Å². The second-order valence-corrected chi connectivity index (χ2v) is 9.95. The van der Waals surface area contributed by atoms with Gasteiger partial charge in [-0.2, -0.15) is 0 Å². The van der Waals surface area contributed by atoms with E-state index in [2.05, 4.69) is 29.6 Å². The third kappa shape index (κ3) is 4.39. The predicted octanol–water partition coefficient (Wildman–Crippen LogP) is 4.02. The number of carboxylic acids is 1. The summed E-state index contributed by atoms with van der Waals surface area (Å²) in [5, 5.41) is 12.2. The maximum Gasteiger partial charge on any atom is 0.408 e. The molecule has 2 aromatic rings. The maximum atomic E-state index is 13.5. The molecule has 0 saturated heterocycles. The van der Waals surface area contributed by atoms with Gasteiger partial charge in [-0.25, -0.2) is 4.79 Å². The molecule has 7 heteroatoms. The Kier molecular flexibility index (Phi) is 5.80. The lowest BCUT2D eigenvalue weighted by molar-refractivity contribution is -0.148. The minimum Gasteiger partial charge on any atom is -0.480 e. The van der Waals surface area contributed by atoms with Crippen LogP contribution in [0.15, 0.2) is 48.5 Å². The molecule has 2 amide bonds. The lowest BCUT2D eigenvalue weighted by Crippen LogP contribution is -2.60. The summed E-state index contributed by atoms with van der Waals surface area (Å²) < 4.78 is 5.68.